The number of hydrogen-bond donors (Lipinski definition) is 2. The van der Waals surface area contributed by atoms with Crippen LogP contribution in [0.25, 0.3) is 0 Å². The second-order valence-electron chi connectivity index (χ2n) is 4.53. The maximum absolute atomic E-state index is 4.50. The molecule has 0 unspecified atom stereocenters. The zero-order chi connectivity index (χ0) is 14.5. The van der Waals surface area contributed by atoms with Crippen LogP contribution in [-0.2, 0) is 0 Å². The minimum Gasteiger partial charge on any atom is -0.370 e. The van der Waals surface area contributed by atoms with Gasteiger partial charge in [-0.25, -0.2) is 9.97 Å². The van der Waals surface area contributed by atoms with Crippen molar-refractivity contribution in [2.24, 2.45) is 0 Å². The smallest absolute Gasteiger partial charge is 0.191 e. The predicted molar refractivity (Wildman–Crippen MR) is 87.2 cm³/mol. The Bertz CT molecular complexity index is 598. The number of benzene rings is 1. The van der Waals surface area contributed by atoms with E-state index in [0.717, 1.165) is 29.0 Å². The van der Waals surface area contributed by atoms with Crippen LogP contribution in [0.2, 0.25) is 0 Å². The van der Waals surface area contributed by atoms with Gasteiger partial charge in [0, 0.05) is 18.3 Å². The molecule has 2 aromatic rings. The van der Waals surface area contributed by atoms with E-state index < -0.39 is 0 Å². The van der Waals surface area contributed by atoms with Crippen molar-refractivity contribution in [1.82, 2.24) is 9.97 Å². The molecule has 0 aliphatic rings. The van der Waals surface area contributed by atoms with Crippen LogP contribution in [-0.4, -0.2) is 22.8 Å². The lowest BCUT2D eigenvalue weighted by Crippen LogP contribution is -2.04. The van der Waals surface area contributed by atoms with Gasteiger partial charge in [-0.15, -0.1) is 0 Å². The third-order valence-corrected chi connectivity index (χ3v) is 3.66. The van der Waals surface area contributed by atoms with Crippen molar-refractivity contribution in [3.8, 4) is 0 Å². The Morgan fingerprint density at radius 2 is 1.90 bits per heavy atom. The number of rotatable bonds is 5. The number of hydrogen-bond acceptors (Lipinski definition) is 5. The highest BCUT2D eigenvalue weighted by Gasteiger charge is 2.06. The van der Waals surface area contributed by atoms with E-state index in [0.29, 0.717) is 0 Å². The normalized spacial score (nSPS) is 10.4. The van der Waals surface area contributed by atoms with Crippen molar-refractivity contribution >= 4 is 29.1 Å². The number of aromatic nitrogens is 2. The van der Waals surface area contributed by atoms with Crippen LogP contribution >= 0.6 is 11.8 Å². The van der Waals surface area contributed by atoms with Crippen molar-refractivity contribution in [2.45, 2.75) is 25.9 Å². The van der Waals surface area contributed by atoms with Crippen LogP contribution in [0.4, 0.5) is 17.3 Å². The van der Waals surface area contributed by atoms with Gasteiger partial charge in [0.1, 0.15) is 11.6 Å². The second kappa shape index (κ2) is 6.61. The highest BCUT2D eigenvalue weighted by molar-refractivity contribution is 7.98. The molecular weight excluding hydrogens is 268 g/mol. The van der Waals surface area contributed by atoms with E-state index in [2.05, 4.69) is 53.5 Å². The van der Waals surface area contributed by atoms with E-state index in [-0.39, 0.29) is 0 Å². The standard InChI is InChI=1S/C15H20N4S/c1-5-16-13-9-14(19-15(18-13)20-4)17-12-8-6-7-10(2)11(12)3/h6-9H,5H2,1-4H3,(H2,16,17,18,19). The van der Waals surface area contributed by atoms with Gasteiger partial charge in [0.05, 0.1) is 0 Å². The third kappa shape index (κ3) is 3.42. The van der Waals surface area contributed by atoms with E-state index in [4.69, 9.17) is 0 Å². The molecule has 0 radical (unpaired) electrons. The van der Waals surface area contributed by atoms with Gasteiger partial charge in [0.2, 0.25) is 0 Å². The molecule has 0 amide bonds. The number of anilines is 3. The quantitative estimate of drug-likeness (QED) is 0.643. The zero-order valence-corrected chi connectivity index (χ0v) is 13.1. The van der Waals surface area contributed by atoms with Gasteiger partial charge >= 0.3 is 0 Å². The molecule has 4 nitrogen and oxygen atoms in total. The molecule has 106 valence electrons. The Morgan fingerprint density at radius 1 is 1.15 bits per heavy atom. The summed E-state index contributed by atoms with van der Waals surface area (Å²) in [5.41, 5.74) is 3.58. The van der Waals surface area contributed by atoms with Crippen LogP contribution < -0.4 is 10.6 Å². The molecule has 0 atom stereocenters. The molecule has 2 N–H and O–H groups in total. The van der Waals surface area contributed by atoms with E-state index >= 15 is 0 Å². The van der Waals surface area contributed by atoms with Gasteiger partial charge in [-0.2, -0.15) is 0 Å². The molecule has 0 saturated heterocycles. The molecule has 5 heteroatoms. The summed E-state index contributed by atoms with van der Waals surface area (Å²) in [6, 6.07) is 8.16. The first-order valence-corrected chi connectivity index (χ1v) is 7.86. The monoisotopic (exact) mass is 288 g/mol. The van der Waals surface area contributed by atoms with Gasteiger partial charge in [0.25, 0.3) is 0 Å². The Hall–Kier alpha value is -1.75. The van der Waals surface area contributed by atoms with Gasteiger partial charge in [0.15, 0.2) is 5.16 Å². The van der Waals surface area contributed by atoms with Crippen molar-refractivity contribution in [3.63, 3.8) is 0 Å². The summed E-state index contributed by atoms with van der Waals surface area (Å²) in [6.07, 6.45) is 1.98. The first-order chi connectivity index (χ1) is 9.63. The maximum atomic E-state index is 4.50. The molecule has 1 aromatic heterocycles. The molecular formula is C15H20N4S. The summed E-state index contributed by atoms with van der Waals surface area (Å²) >= 11 is 1.54. The highest BCUT2D eigenvalue weighted by Crippen LogP contribution is 2.24. The van der Waals surface area contributed by atoms with Crippen LogP contribution in [0, 0.1) is 13.8 Å². The minimum atomic E-state index is 0.760. The summed E-state index contributed by atoms with van der Waals surface area (Å²) in [7, 11) is 0. The molecule has 0 aliphatic carbocycles. The van der Waals surface area contributed by atoms with Crippen LogP contribution in [0.1, 0.15) is 18.1 Å². The fraction of sp³-hybridized carbons (Fsp3) is 0.333. The lowest BCUT2D eigenvalue weighted by molar-refractivity contribution is 0.966. The Morgan fingerprint density at radius 3 is 2.60 bits per heavy atom. The van der Waals surface area contributed by atoms with Gasteiger partial charge in [-0.3, -0.25) is 0 Å². The van der Waals surface area contributed by atoms with Crippen molar-refractivity contribution in [3.05, 3.63) is 35.4 Å². The molecule has 1 heterocycles. The summed E-state index contributed by atoms with van der Waals surface area (Å²) < 4.78 is 0. The van der Waals surface area contributed by atoms with Gasteiger partial charge < -0.3 is 10.6 Å². The fourth-order valence-corrected chi connectivity index (χ4v) is 2.26. The van der Waals surface area contributed by atoms with Gasteiger partial charge in [-0.1, -0.05) is 23.9 Å². The minimum absolute atomic E-state index is 0.760. The number of nitrogens with zero attached hydrogens (tertiary/aromatic N) is 2. The summed E-state index contributed by atoms with van der Waals surface area (Å²) in [5, 5.41) is 7.37. The van der Waals surface area contributed by atoms with Crippen LogP contribution in [0.3, 0.4) is 0 Å². The van der Waals surface area contributed by atoms with E-state index in [1.54, 1.807) is 0 Å². The SMILES string of the molecule is CCNc1cc(Nc2cccc(C)c2C)nc(SC)n1. The third-order valence-electron chi connectivity index (χ3n) is 3.11. The average molecular weight is 288 g/mol. The molecule has 0 saturated carbocycles. The van der Waals surface area contributed by atoms with E-state index in [1.165, 1.54) is 22.9 Å². The number of thioether (sulfide) groups is 1. The zero-order valence-electron chi connectivity index (χ0n) is 12.3. The fourth-order valence-electron chi connectivity index (χ4n) is 1.88. The maximum Gasteiger partial charge on any atom is 0.191 e. The Kier molecular flexibility index (Phi) is 4.84. The molecule has 0 aliphatic heterocycles. The summed E-state index contributed by atoms with van der Waals surface area (Å²) in [4.78, 5) is 8.92. The predicted octanol–water partition coefficient (Wildman–Crippen LogP) is 3.99. The van der Waals surface area contributed by atoms with Crippen molar-refractivity contribution in [1.29, 1.82) is 0 Å². The molecule has 1 aromatic carbocycles. The topological polar surface area (TPSA) is 49.8 Å². The number of aryl methyl sites for hydroxylation is 1. The van der Waals surface area contributed by atoms with E-state index in [9.17, 15) is 0 Å². The molecule has 20 heavy (non-hydrogen) atoms. The lowest BCUT2D eigenvalue weighted by Gasteiger charge is -2.12. The largest absolute Gasteiger partial charge is 0.370 e. The van der Waals surface area contributed by atoms with Crippen LogP contribution in [0.5, 0.6) is 0 Å². The second-order valence-corrected chi connectivity index (χ2v) is 5.30. The van der Waals surface area contributed by atoms with Crippen molar-refractivity contribution in [2.75, 3.05) is 23.4 Å². The molecule has 0 bridgehead atoms. The Balaban J connectivity index is 2.32. The average Bonchev–Trinajstić information content (AvgIpc) is 2.44. The lowest BCUT2D eigenvalue weighted by atomic mass is 10.1. The molecule has 0 fully saturated rings. The summed E-state index contributed by atoms with van der Waals surface area (Å²) in [6.45, 7) is 7.11. The first-order valence-electron chi connectivity index (χ1n) is 6.64. The first kappa shape index (κ1) is 14.7. The highest BCUT2D eigenvalue weighted by atomic mass is 32.2. The number of nitrogens with one attached hydrogen (secondary N) is 2. The molecule has 2 rings (SSSR count). The van der Waals surface area contributed by atoms with Gasteiger partial charge in [-0.05, 0) is 44.2 Å². The Labute approximate surface area is 124 Å². The summed E-state index contributed by atoms with van der Waals surface area (Å²) in [5.74, 6) is 1.66. The molecule has 0 spiro atoms. The van der Waals surface area contributed by atoms with Crippen molar-refractivity contribution < 1.29 is 0 Å². The van der Waals surface area contributed by atoms with Crippen LogP contribution in [0.15, 0.2) is 29.4 Å². The van der Waals surface area contributed by atoms with E-state index in [1.807, 2.05) is 18.4 Å².